The Morgan fingerprint density at radius 3 is 2.72 bits per heavy atom. The molecule has 0 spiro atoms. The molecule has 0 radical (unpaired) electrons. The zero-order chi connectivity index (χ0) is 17.2. The molecule has 5 heteroatoms. The van der Waals surface area contributed by atoms with Crippen LogP contribution in [0, 0.1) is 0 Å². The highest BCUT2D eigenvalue weighted by Gasteiger charge is 2.33. The van der Waals surface area contributed by atoms with E-state index in [0.29, 0.717) is 6.61 Å². The van der Waals surface area contributed by atoms with Crippen LogP contribution in [0.25, 0.3) is 0 Å². The van der Waals surface area contributed by atoms with Crippen molar-refractivity contribution in [3.8, 4) is 0 Å². The molecule has 128 valence electrons. The maximum Gasteiger partial charge on any atom is 0.254 e. The van der Waals surface area contributed by atoms with Crippen LogP contribution in [0.3, 0.4) is 0 Å². The van der Waals surface area contributed by atoms with Gasteiger partial charge in [0.05, 0.1) is 12.6 Å². The number of fused-ring (bicyclic) bond motifs is 1. The van der Waals surface area contributed by atoms with Crippen molar-refractivity contribution >= 4 is 28.6 Å². The van der Waals surface area contributed by atoms with E-state index in [4.69, 9.17) is 4.74 Å². The lowest BCUT2D eigenvalue weighted by atomic mass is 9.97. The highest BCUT2D eigenvalue weighted by molar-refractivity contribution is 7.10. The Labute approximate surface area is 155 Å². The number of thiophene rings is 2. The quantitative estimate of drug-likeness (QED) is 0.664. The Morgan fingerprint density at radius 2 is 2.00 bits per heavy atom. The van der Waals surface area contributed by atoms with Crippen LogP contribution in [-0.2, 0) is 17.8 Å². The summed E-state index contributed by atoms with van der Waals surface area (Å²) < 4.78 is 5.15. The van der Waals surface area contributed by atoms with Crippen molar-refractivity contribution in [1.29, 1.82) is 0 Å². The minimum atomic E-state index is 0.0288. The van der Waals surface area contributed by atoms with Gasteiger partial charge >= 0.3 is 0 Å². The number of ether oxygens (including phenoxy) is 1. The molecule has 1 aliphatic heterocycles. The third kappa shape index (κ3) is 3.15. The van der Waals surface area contributed by atoms with E-state index in [0.717, 1.165) is 24.1 Å². The largest absolute Gasteiger partial charge is 0.380 e. The van der Waals surface area contributed by atoms with Gasteiger partial charge in [-0.25, -0.2) is 0 Å². The van der Waals surface area contributed by atoms with E-state index < -0.39 is 0 Å². The minimum absolute atomic E-state index is 0.0288. The molecule has 1 amide bonds. The zero-order valence-corrected chi connectivity index (χ0v) is 15.6. The molecule has 1 aromatic carbocycles. The van der Waals surface area contributed by atoms with E-state index in [1.165, 1.54) is 15.3 Å². The Hall–Kier alpha value is -1.95. The summed E-state index contributed by atoms with van der Waals surface area (Å²) in [5.41, 5.74) is 3.09. The lowest BCUT2D eigenvalue weighted by Gasteiger charge is -2.35. The molecule has 2 aromatic heterocycles. The molecule has 0 saturated heterocycles. The van der Waals surface area contributed by atoms with Gasteiger partial charge in [-0.15, -0.1) is 22.7 Å². The summed E-state index contributed by atoms with van der Waals surface area (Å²) >= 11 is 3.51. The second-order valence-electron chi connectivity index (χ2n) is 6.10. The summed E-state index contributed by atoms with van der Waals surface area (Å²) in [6, 6.07) is 14.1. The molecular formula is C20H19NO2S2. The van der Waals surface area contributed by atoms with Gasteiger partial charge in [0.25, 0.3) is 5.91 Å². The van der Waals surface area contributed by atoms with Gasteiger partial charge in [0.1, 0.15) is 0 Å². The van der Waals surface area contributed by atoms with Crippen LogP contribution in [0.5, 0.6) is 0 Å². The van der Waals surface area contributed by atoms with Crippen molar-refractivity contribution in [3.63, 3.8) is 0 Å². The van der Waals surface area contributed by atoms with Crippen LogP contribution in [-0.4, -0.2) is 24.5 Å². The van der Waals surface area contributed by atoms with E-state index in [-0.39, 0.29) is 11.9 Å². The Bertz CT molecular complexity index is 852. The molecule has 1 atom stereocenters. The summed E-state index contributed by atoms with van der Waals surface area (Å²) in [6.45, 7) is 1.32. The molecule has 0 aliphatic carbocycles. The monoisotopic (exact) mass is 369 g/mol. The number of hydrogen-bond donors (Lipinski definition) is 0. The van der Waals surface area contributed by atoms with Crippen LogP contribution >= 0.6 is 22.7 Å². The van der Waals surface area contributed by atoms with Crippen LogP contribution in [0.1, 0.15) is 37.3 Å². The first kappa shape index (κ1) is 16.5. The second-order valence-corrected chi connectivity index (χ2v) is 8.08. The predicted molar refractivity (Wildman–Crippen MR) is 102 cm³/mol. The van der Waals surface area contributed by atoms with Crippen molar-refractivity contribution < 1.29 is 9.53 Å². The van der Waals surface area contributed by atoms with Gasteiger partial charge in [-0.2, -0.15) is 0 Å². The van der Waals surface area contributed by atoms with Crippen LogP contribution < -0.4 is 0 Å². The van der Waals surface area contributed by atoms with Gasteiger partial charge in [0, 0.05) is 29.0 Å². The first-order valence-electron chi connectivity index (χ1n) is 8.26. The molecule has 1 aliphatic rings. The number of rotatable bonds is 4. The maximum atomic E-state index is 13.2. The summed E-state index contributed by atoms with van der Waals surface area (Å²) in [6.07, 6.45) is 0.933. The fraction of sp³-hybridized carbons (Fsp3) is 0.250. The smallest absolute Gasteiger partial charge is 0.254 e. The van der Waals surface area contributed by atoms with Crippen molar-refractivity contribution in [2.45, 2.75) is 19.1 Å². The maximum absolute atomic E-state index is 13.2. The van der Waals surface area contributed by atoms with E-state index in [1.807, 2.05) is 29.2 Å². The predicted octanol–water partition coefficient (Wildman–Crippen LogP) is 4.74. The molecule has 0 N–H and O–H groups in total. The van der Waals surface area contributed by atoms with Crippen LogP contribution in [0.2, 0.25) is 0 Å². The van der Waals surface area contributed by atoms with Crippen molar-refractivity contribution in [2.75, 3.05) is 13.7 Å². The number of nitrogens with zero attached hydrogens (tertiary/aromatic N) is 1. The SMILES string of the molecule is COCc1ccc(C(=O)N2CCc3sccc3C2c2cccs2)cc1. The van der Waals surface area contributed by atoms with E-state index in [9.17, 15) is 4.79 Å². The first-order chi connectivity index (χ1) is 12.3. The van der Waals surface area contributed by atoms with Gasteiger partial charge in [-0.05, 0) is 52.6 Å². The van der Waals surface area contributed by atoms with Gasteiger partial charge in [-0.3, -0.25) is 4.79 Å². The van der Waals surface area contributed by atoms with E-state index in [1.54, 1.807) is 29.8 Å². The molecule has 25 heavy (non-hydrogen) atoms. The number of carbonyl (C=O) groups excluding carboxylic acids is 1. The number of benzene rings is 1. The van der Waals surface area contributed by atoms with Crippen molar-refractivity contribution in [3.05, 3.63) is 79.7 Å². The summed E-state index contributed by atoms with van der Waals surface area (Å²) in [7, 11) is 1.68. The molecule has 0 saturated carbocycles. The van der Waals surface area contributed by atoms with Crippen molar-refractivity contribution in [1.82, 2.24) is 4.90 Å². The topological polar surface area (TPSA) is 29.5 Å². The normalized spacial score (nSPS) is 16.7. The Kier molecular flexibility index (Phi) is 4.70. The minimum Gasteiger partial charge on any atom is -0.380 e. The average Bonchev–Trinajstić information content (AvgIpc) is 3.33. The second kappa shape index (κ2) is 7.12. The van der Waals surface area contributed by atoms with Gasteiger partial charge < -0.3 is 9.64 Å². The highest BCUT2D eigenvalue weighted by Crippen LogP contribution is 2.40. The van der Waals surface area contributed by atoms with Gasteiger partial charge in [-0.1, -0.05) is 18.2 Å². The summed E-state index contributed by atoms with van der Waals surface area (Å²) in [5.74, 6) is 0.0965. The highest BCUT2D eigenvalue weighted by atomic mass is 32.1. The fourth-order valence-electron chi connectivity index (χ4n) is 3.36. The molecule has 0 fully saturated rings. The summed E-state index contributed by atoms with van der Waals surface area (Å²) in [4.78, 5) is 17.9. The Morgan fingerprint density at radius 1 is 1.16 bits per heavy atom. The molecule has 1 unspecified atom stereocenters. The number of hydrogen-bond acceptors (Lipinski definition) is 4. The lowest BCUT2D eigenvalue weighted by molar-refractivity contribution is 0.0698. The number of carbonyl (C=O) groups is 1. The van der Waals surface area contributed by atoms with E-state index in [2.05, 4.69) is 29.0 Å². The molecule has 4 rings (SSSR count). The number of methoxy groups -OCH3 is 1. The third-order valence-corrected chi connectivity index (χ3v) is 6.47. The Balaban J connectivity index is 1.67. The first-order valence-corrected chi connectivity index (χ1v) is 10.0. The lowest BCUT2D eigenvalue weighted by Crippen LogP contribution is -2.39. The zero-order valence-electron chi connectivity index (χ0n) is 14.0. The van der Waals surface area contributed by atoms with Crippen LogP contribution in [0.15, 0.2) is 53.2 Å². The molecule has 3 aromatic rings. The molecule has 3 heterocycles. The van der Waals surface area contributed by atoms with Gasteiger partial charge in [0.15, 0.2) is 0 Å². The van der Waals surface area contributed by atoms with Crippen molar-refractivity contribution in [2.24, 2.45) is 0 Å². The third-order valence-electron chi connectivity index (χ3n) is 4.55. The van der Waals surface area contributed by atoms with Gasteiger partial charge in [0.2, 0.25) is 0 Å². The fourth-order valence-corrected chi connectivity index (χ4v) is 5.12. The van der Waals surface area contributed by atoms with Crippen LogP contribution in [0.4, 0.5) is 0 Å². The molecular weight excluding hydrogens is 350 g/mol. The summed E-state index contributed by atoms with van der Waals surface area (Å²) in [5, 5.41) is 4.22. The number of amides is 1. The molecule has 0 bridgehead atoms. The average molecular weight is 370 g/mol. The molecule has 3 nitrogen and oxygen atoms in total. The standard InChI is InChI=1S/C20H19NO2S2/c1-23-13-14-4-6-15(7-5-14)20(22)21-10-8-17-16(9-12-25-17)19(21)18-3-2-11-24-18/h2-7,9,11-12,19H,8,10,13H2,1H3. The van der Waals surface area contributed by atoms with E-state index >= 15 is 0 Å².